The molecule has 1 rings (SSSR count). The van der Waals surface area contributed by atoms with Crippen LogP contribution in [0.3, 0.4) is 0 Å². The summed E-state index contributed by atoms with van der Waals surface area (Å²) in [6.45, 7) is 2.84. The van der Waals surface area contributed by atoms with Gasteiger partial charge in [-0.15, -0.1) is 12.3 Å². The summed E-state index contributed by atoms with van der Waals surface area (Å²) in [5, 5.41) is 3.35. The number of rotatable bonds is 7. The zero-order chi connectivity index (χ0) is 14.3. The summed E-state index contributed by atoms with van der Waals surface area (Å²) in [5.41, 5.74) is 1.06. The van der Waals surface area contributed by atoms with E-state index in [9.17, 15) is 0 Å². The SMILES string of the molecule is C#CCCNC(C)c1cc(OC)c(OC)c(OC)c1. The van der Waals surface area contributed by atoms with Crippen LogP contribution in [-0.2, 0) is 0 Å². The molecule has 0 saturated heterocycles. The summed E-state index contributed by atoms with van der Waals surface area (Å²) in [5.74, 6) is 4.52. The van der Waals surface area contributed by atoms with Crippen molar-refractivity contribution in [1.29, 1.82) is 0 Å². The molecule has 4 heteroatoms. The van der Waals surface area contributed by atoms with E-state index in [-0.39, 0.29) is 6.04 Å². The molecule has 0 aliphatic heterocycles. The molecular formula is C15H21NO3. The van der Waals surface area contributed by atoms with Crippen LogP contribution in [0.25, 0.3) is 0 Å². The average molecular weight is 263 g/mol. The van der Waals surface area contributed by atoms with Crippen molar-refractivity contribution in [2.45, 2.75) is 19.4 Å². The maximum Gasteiger partial charge on any atom is 0.203 e. The molecule has 0 aliphatic rings. The molecule has 4 nitrogen and oxygen atoms in total. The molecule has 104 valence electrons. The Morgan fingerprint density at radius 2 is 1.74 bits per heavy atom. The fourth-order valence-electron chi connectivity index (χ4n) is 1.83. The van der Waals surface area contributed by atoms with Gasteiger partial charge < -0.3 is 19.5 Å². The van der Waals surface area contributed by atoms with Crippen LogP contribution >= 0.6 is 0 Å². The smallest absolute Gasteiger partial charge is 0.203 e. The van der Waals surface area contributed by atoms with Crippen molar-refractivity contribution in [2.24, 2.45) is 0 Å². The topological polar surface area (TPSA) is 39.7 Å². The first-order chi connectivity index (χ1) is 9.17. The predicted octanol–water partition coefficient (Wildman–Crippen LogP) is 2.39. The minimum Gasteiger partial charge on any atom is -0.493 e. The highest BCUT2D eigenvalue weighted by Gasteiger charge is 2.15. The maximum atomic E-state index is 5.33. The third kappa shape index (κ3) is 3.80. The van der Waals surface area contributed by atoms with Crippen molar-refractivity contribution in [3.05, 3.63) is 17.7 Å². The second kappa shape index (κ2) is 7.55. The Morgan fingerprint density at radius 1 is 1.16 bits per heavy atom. The molecule has 1 N–H and O–H groups in total. The van der Waals surface area contributed by atoms with Gasteiger partial charge in [-0.1, -0.05) is 0 Å². The summed E-state index contributed by atoms with van der Waals surface area (Å²) in [7, 11) is 4.81. The molecule has 0 bridgehead atoms. The Bertz CT molecular complexity index is 426. The van der Waals surface area contributed by atoms with Gasteiger partial charge in [-0.25, -0.2) is 0 Å². The molecular weight excluding hydrogens is 242 g/mol. The van der Waals surface area contributed by atoms with Crippen molar-refractivity contribution >= 4 is 0 Å². The fraction of sp³-hybridized carbons (Fsp3) is 0.467. The van der Waals surface area contributed by atoms with E-state index in [1.165, 1.54) is 0 Å². The molecule has 0 spiro atoms. The van der Waals surface area contributed by atoms with Gasteiger partial charge in [0.05, 0.1) is 21.3 Å². The van der Waals surface area contributed by atoms with Gasteiger partial charge in [0.1, 0.15) is 0 Å². The van der Waals surface area contributed by atoms with Crippen LogP contribution in [0, 0.1) is 12.3 Å². The lowest BCUT2D eigenvalue weighted by molar-refractivity contribution is 0.323. The average Bonchev–Trinajstić information content (AvgIpc) is 2.45. The van der Waals surface area contributed by atoms with E-state index in [0.717, 1.165) is 12.1 Å². The van der Waals surface area contributed by atoms with Gasteiger partial charge in [0.25, 0.3) is 0 Å². The Kier molecular flexibility index (Phi) is 6.04. The zero-order valence-electron chi connectivity index (χ0n) is 11.9. The van der Waals surface area contributed by atoms with Gasteiger partial charge in [0, 0.05) is 19.0 Å². The molecule has 0 saturated carbocycles. The molecule has 1 aromatic carbocycles. The summed E-state index contributed by atoms with van der Waals surface area (Å²) >= 11 is 0. The molecule has 0 aliphatic carbocycles. The van der Waals surface area contributed by atoms with E-state index in [0.29, 0.717) is 23.7 Å². The minimum atomic E-state index is 0.155. The number of nitrogens with one attached hydrogen (secondary N) is 1. The quantitative estimate of drug-likeness (QED) is 0.605. The highest BCUT2D eigenvalue weighted by Crippen LogP contribution is 2.39. The van der Waals surface area contributed by atoms with Crippen LogP contribution in [0.15, 0.2) is 12.1 Å². The highest BCUT2D eigenvalue weighted by atomic mass is 16.5. The molecule has 0 fully saturated rings. The van der Waals surface area contributed by atoms with Crippen LogP contribution in [-0.4, -0.2) is 27.9 Å². The van der Waals surface area contributed by atoms with Crippen LogP contribution in [0.2, 0.25) is 0 Å². The van der Waals surface area contributed by atoms with Crippen molar-refractivity contribution in [3.63, 3.8) is 0 Å². The summed E-state index contributed by atoms with van der Waals surface area (Å²) in [4.78, 5) is 0. The Balaban J connectivity index is 2.99. The first-order valence-corrected chi connectivity index (χ1v) is 6.14. The van der Waals surface area contributed by atoms with E-state index in [2.05, 4.69) is 18.2 Å². The molecule has 0 heterocycles. The van der Waals surface area contributed by atoms with Crippen molar-refractivity contribution in [1.82, 2.24) is 5.32 Å². The molecule has 1 unspecified atom stereocenters. The molecule has 19 heavy (non-hydrogen) atoms. The third-order valence-corrected chi connectivity index (χ3v) is 2.91. The number of methoxy groups -OCH3 is 3. The normalized spacial score (nSPS) is 11.5. The molecule has 0 amide bonds. The maximum absolute atomic E-state index is 5.33. The highest BCUT2D eigenvalue weighted by molar-refractivity contribution is 5.54. The zero-order valence-corrected chi connectivity index (χ0v) is 11.9. The lowest BCUT2D eigenvalue weighted by atomic mass is 10.1. The fourth-order valence-corrected chi connectivity index (χ4v) is 1.83. The van der Waals surface area contributed by atoms with Gasteiger partial charge in [-0.3, -0.25) is 0 Å². The largest absolute Gasteiger partial charge is 0.493 e. The van der Waals surface area contributed by atoms with Gasteiger partial charge in [0.2, 0.25) is 5.75 Å². The van der Waals surface area contributed by atoms with E-state index in [4.69, 9.17) is 20.6 Å². The van der Waals surface area contributed by atoms with E-state index in [1.54, 1.807) is 21.3 Å². The van der Waals surface area contributed by atoms with Gasteiger partial charge in [-0.2, -0.15) is 0 Å². The van der Waals surface area contributed by atoms with E-state index < -0.39 is 0 Å². The number of benzene rings is 1. The van der Waals surface area contributed by atoms with Gasteiger partial charge >= 0.3 is 0 Å². The van der Waals surface area contributed by atoms with Gasteiger partial charge in [0.15, 0.2) is 11.5 Å². The monoisotopic (exact) mass is 263 g/mol. The van der Waals surface area contributed by atoms with Crippen LogP contribution in [0.1, 0.15) is 24.9 Å². The second-order valence-corrected chi connectivity index (χ2v) is 4.09. The lowest BCUT2D eigenvalue weighted by Crippen LogP contribution is -2.19. The number of ether oxygens (including phenoxy) is 3. The summed E-state index contributed by atoms with van der Waals surface area (Å²) in [6, 6.07) is 4.03. The molecule has 0 aromatic heterocycles. The molecule has 1 aromatic rings. The van der Waals surface area contributed by atoms with Crippen LogP contribution < -0.4 is 19.5 Å². The minimum absolute atomic E-state index is 0.155. The standard InChI is InChI=1S/C15H21NO3/c1-6-7-8-16-11(2)12-9-13(17-3)15(19-5)14(10-12)18-4/h1,9-11,16H,7-8H2,2-5H3. The second-order valence-electron chi connectivity index (χ2n) is 4.09. The Labute approximate surface area is 115 Å². The number of hydrogen-bond donors (Lipinski definition) is 1. The first kappa shape index (κ1) is 15.2. The lowest BCUT2D eigenvalue weighted by Gasteiger charge is -2.18. The Hall–Kier alpha value is -1.86. The first-order valence-electron chi connectivity index (χ1n) is 6.14. The molecule has 0 radical (unpaired) electrons. The summed E-state index contributed by atoms with van der Waals surface area (Å²) < 4.78 is 16.0. The van der Waals surface area contributed by atoms with Crippen LogP contribution in [0.4, 0.5) is 0 Å². The Morgan fingerprint density at radius 3 is 2.16 bits per heavy atom. The molecule has 1 atom stereocenters. The number of hydrogen-bond acceptors (Lipinski definition) is 4. The van der Waals surface area contributed by atoms with Crippen molar-refractivity contribution in [3.8, 4) is 29.6 Å². The van der Waals surface area contributed by atoms with Crippen molar-refractivity contribution < 1.29 is 14.2 Å². The summed E-state index contributed by atoms with van der Waals surface area (Å²) in [6.07, 6.45) is 5.94. The van der Waals surface area contributed by atoms with Crippen molar-refractivity contribution in [2.75, 3.05) is 27.9 Å². The third-order valence-electron chi connectivity index (χ3n) is 2.91. The van der Waals surface area contributed by atoms with Crippen LogP contribution in [0.5, 0.6) is 17.2 Å². The van der Waals surface area contributed by atoms with E-state index in [1.807, 2.05) is 12.1 Å². The predicted molar refractivity (Wildman–Crippen MR) is 76.0 cm³/mol. The van der Waals surface area contributed by atoms with E-state index >= 15 is 0 Å². The number of terminal acetylenes is 1. The van der Waals surface area contributed by atoms with Gasteiger partial charge in [-0.05, 0) is 24.6 Å².